The summed E-state index contributed by atoms with van der Waals surface area (Å²) >= 11 is 0. The van der Waals surface area contributed by atoms with Gasteiger partial charge in [-0.2, -0.15) is 5.10 Å². The van der Waals surface area contributed by atoms with Gasteiger partial charge < -0.3 is 9.67 Å². The van der Waals surface area contributed by atoms with E-state index >= 15 is 0 Å². The number of phenols is 1. The number of nitrogens with one attached hydrogen (secondary N) is 1. The topological polar surface area (TPSA) is 66.6 Å². The Hall–Kier alpha value is -2.56. The lowest BCUT2D eigenvalue weighted by Gasteiger charge is -2.00. The highest BCUT2D eigenvalue weighted by Gasteiger charge is 2.04. The molecule has 1 aromatic heterocycles. The fourth-order valence-electron chi connectivity index (χ4n) is 1.48. The molecule has 2 aromatic rings. The number of hydrazone groups is 1. The Balaban J connectivity index is 2.01. The van der Waals surface area contributed by atoms with Crippen molar-refractivity contribution in [3.05, 3.63) is 53.9 Å². The third-order valence-corrected chi connectivity index (χ3v) is 2.46. The second-order valence-corrected chi connectivity index (χ2v) is 3.79. The third-order valence-electron chi connectivity index (χ3n) is 2.46. The van der Waals surface area contributed by atoms with E-state index in [1.54, 1.807) is 18.3 Å². The molecule has 0 unspecified atom stereocenters. The number of aryl methyl sites for hydroxylation is 1. The lowest BCUT2D eigenvalue weighted by molar-refractivity contribution is 0.0954. The van der Waals surface area contributed by atoms with Crippen molar-refractivity contribution in [1.82, 2.24) is 9.99 Å². The second-order valence-electron chi connectivity index (χ2n) is 3.79. The molecule has 2 N–H and O–H groups in total. The van der Waals surface area contributed by atoms with E-state index in [2.05, 4.69) is 10.5 Å². The number of hydrogen-bond acceptors (Lipinski definition) is 3. The summed E-state index contributed by atoms with van der Waals surface area (Å²) in [4.78, 5) is 11.7. The first-order chi connectivity index (χ1) is 8.66. The van der Waals surface area contributed by atoms with Gasteiger partial charge in [-0.25, -0.2) is 5.43 Å². The largest absolute Gasteiger partial charge is 0.508 e. The molecule has 2 rings (SSSR count). The molecule has 0 aliphatic carbocycles. The van der Waals surface area contributed by atoms with E-state index in [1.165, 1.54) is 12.1 Å². The van der Waals surface area contributed by atoms with Crippen molar-refractivity contribution >= 4 is 12.1 Å². The first-order valence-corrected chi connectivity index (χ1v) is 5.40. The van der Waals surface area contributed by atoms with Gasteiger partial charge in [0, 0.05) is 18.8 Å². The van der Waals surface area contributed by atoms with E-state index in [0.29, 0.717) is 5.56 Å². The monoisotopic (exact) mass is 243 g/mol. The molecule has 1 aromatic carbocycles. The van der Waals surface area contributed by atoms with Crippen molar-refractivity contribution < 1.29 is 9.90 Å². The fourth-order valence-corrected chi connectivity index (χ4v) is 1.48. The van der Waals surface area contributed by atoms with Crippen LogP contribution in [0.5, 0.6) is 5.75 Å². The van der Waals surface area contributed by atoms with Crippen LogP contribution in [-0.2, 0) is 7.05 Å². The summed E-state index contributed by atoms with van der Waals surface area (Å²) in [5.74, 6) is -0.314. The normalized spacial score (nSPS) is 10.7. The first kappa shape index (κ1) is 11.9. The maximum absolute atomic E-state index is 11.7. The van der Waals surface area contributed by atoms with E-state index in [1.807, 2.05) is 29.9 Å². The number of phenolic OH excluding ortho intramolecular Hbond substituents is 1. The molecule has 5 nitrogen and oxygen atoms in total. The zero-order valence-corrected chi connectivity index (χ0v) is 9.87. The van der Waals surface area contributed by atoms with Gasteiger partial charge in [-0.3, -0.25) is 4.79 Å². The Bertz CT molecular complexity index is 587. The van der Waals surface area contributed by atoms with Crippen molar-refractivity contribution in [3.8, 4) is 5.75 Å². The summed E-state index contributed by atoms with van der Waals surface area (Å²) < 4.78 is 1.88. The summed E-state index contributed by atoms with van der Waals surface area (Å²) in [6.45, 7) is 0. The Morgan fingerprint density at radius 3 is 2.89 bits per heavy atom. The lowest BCUT2D eigenvalue weighted by atomic mass is 10.2. The highest BCUT2D eigenvalue weighted by molar-refractivity contribution is 5.95. The molecular formula is C13H13N3O2. The fraction of sp³-hybridized carbons (Fsp3) is 0.0769. The summed E-state index contributed by atoms with van der Waals surface area (Å²) in [6, 6.07) is 9.86. The van der Waals surface area contributed by atoms with Crippen LogP contribution in [0, 0.1) is 0 Å². The molecule has 92 valence electrons. The molecule has 0 saturated carbocycles. The van der Waals surface area contributed by atoms with Gasteiger partial charge in [0.25, 0.3) is 5.91 Å². The van der Waals surface area contributed by atoms with E-state index in [0.717, 1.165) is 5.69 Å². The van der Waals surface area contributed by atoms with Crippen LogP contribution in [0.1, 0.15) is 16.1 Å². The van der Waals surface area contributed by atoms with Gasteiger partial charge in [0.1, 0.15) is 5.75 Å². The molecule has 0 bridgehead atoms. The Morgan fingerprint density at radius 1 is 1.39 bits per heavy atom. The van der Waals surface area contributed by atoms with Crippen molar-refractivity contribution in [2.45, 2.75) is 0 Å². The maximum Gasteiger partial charge on any atom is 0.271 e. The standard InChI is InChI=1S/C13H13N3O2/c1-16-7-3-5-11(16)9-14-15-13(18)10-4-2-6-12(17)8-10/h2-9,17H,1H3,(H,15,18)/b14-9+. The third kappa shape index (κ3) is 2.76. The van der Waals surface area contributed by atoms with Crippen molar-refractivity contribution in [1.29, 1.82) is 0 Å². The summed E-state index contributed by atoms with van der Waals surface area (Å²) in [7, 11) is 1.89. The Kier molecular flexibility index (Phi) is 3.43. The van der Waals surface area contributed by atoms with Crippen LogP contribution in [0.4, 0.5) is 0 Å². The smallest absolute Gasteiger partial charge is 0.271 e. The molecule has 0 saturated heterocycles. The van der Waals surface area contributed by atoms with Gasteiger partial charge in [0.15, 0.2) is 0 Å². The minimum Gasteiger partial charge on any atom is -0.508 e. The number of nitrogens with zero attached hydrogens (tertiary/aromatic N) is 2. The quantitative estimate of drug-likeness (QED) is 0.633. The number of benzene rings is 1. The Morgan fingerprint density at radius 2 is 2.22 bits per heavy atom. The lowest BCUT2D eigenvalue weighted by Crippen LogP contribution is -2.17. The maximum atomic E-state index is 11.7. The van der Waals surface area contributed by atoms with E-state index in [9.17, 15) is 9.90 Å². The van der Waals surface area contributed by atoms with E-state index in [-0.39, 0.29) is 11.7 Å². The molecule has 0 spiro atoms. The summed E-state index contributed by atoms with van der Waals surface area (Å²) in [5, 5.41) is 13.1. The van der Waals surface area contributed by atoms with Crippen LogP contribution in [-0.4, -0.2) is 21.8 Å². The van der Waals surface area contributed by atoms with Crippen molar-refractivity contribution in [3.63, 3.8) is 0 Å². The summed E-state index contributed by atoms with van der Waals surface area (Å²) in [5.41, 5.74) is 3.64. The van der Waals surface area contributed by atoms with Crippen LogP contribution in [0.15, 0.2) is 47.7 Å². The minimum absolute atomic E-state index is 0.0501. The second kappa shape index (κ2) is 5.18. The number of aromatic hydroxyl groups is 1. The van der Waals surface area contributed by atoms with Gasteiger partial charge in [-0.15, -0.1) is 0 Å². The molecule has 0 fully saturated rings. The number of hydrogen-bond donors (Lipinski definition) is 2. The molecule has 0 radical (unpaired) electrons. The number of aromatic nitrogens is 1. The van der Waals surface area contributed by atoms with Crippen LogP contribution >= 0.6 is 0 Å². The van der Waals surface area contributed by atoms with Crippen molar-refractivity contribution in [2.24, 2.45) is 12.1 Å². The summed E-state index contributed by atoms with van der Waals surface area (Å²) in [6.07, 6.45) is 3.44. The SMILES string of the molecule is Cn1cccc1/C=N/NC(=O)c1cccc(O)c1. The van der Waals surface area contributed by atoms with Gasteiger partial charge in [-0.05, 0) is 30.3 Å². The van der Waals surface area contributed by atoms with Crippen LogP contribution in [0.2, 0.25) is 0 Å². The van der Waals surface area contributed by atoms with Crippen molar-refractivity contribution in [2.75, 3.05) is 0 Å². The zero-order valence-electron chi connectivity index (χ0n) is 9.87. The van der Waals surface area contributed by atoms with Crippen LogP contribution in [0.3, 0.4) is 0 Å². The van der Waals surface area contributed by atoms with Crippen LogP contribution < -0.4 is 5.43 Å². The average molecular weight is 243 g/mol. The minimum atomic E-state index is -0.364. The van der Waals surface area contributed by atoms with E-state index in [4.69, 9.17) is 0 Å². The van der Waals surface area contributed by atoms with E-state index < -0.39 is 0 Å². The highest BCUT2D eigenvalue weighted by Crippen LogP contribution is 2.10. The predicted molar refractivity (Wildman–Crippen MR) is 68.6 cm³/mol. The molecule has 0 aliphatic heterocycles. The van der Waals surface area contributed by atoms with Crippen LogP contribution in [0.25, 0.3) is 0 Å². The average Bonchev–Trinajstić information content (AvgIpc) is 2.75. The molecule has 18 heavy (non-hydrogen) atoms. The van der Waals surface area contributed by atoms with Gasteiger partial charge in [-0.1, -0.05) is 6.07 Å². The molecular weight excluding hydrogens is 230 g/mol. The molecule has 1 amide bonds. The number of amides is 1. The molecule has 1 heterocycles. The molecule has 0 aliphatic rings. The van der Waals surface area contributed by atoms with Gasteiger partial charge >= 0.3 is 0 Å². The van der Waals surface area contributed by atoms with Gasteiger partial charge in [0.05, 0.1) is 11.9 Å². The molecule has 0 atom stereocenters. The Labute approximate surface area is 104 Å². The predicted octanol–water partition coefficient (Wildman–Crippen LogP) is 1.49. The van der Waals surface area contributed by atoms with Gasteiger partial charge in [0.2, 0.25) is 0 Å². The number of carbonyl (C=O) groups excluding carboxylic acids is 1. The first-order valence-electron chi connectivity index (χ1n) is 5.40. The number of carbonyl (C=O) groups is 1. The highest BCUT2D eigenvalue weighted by atomic mass is 16.3. The molecule has 5 heteroatoms. The zero-order chi connectivity index (χ0) is 13.0. The number of rotatable bonds is 3.